The molecule has 0 radical (unpaired) electrons. The van der Waals surface area contributed by atoms with Crippen LogP contribution in [0.15, 0.2) is 53.0 Å². The van der Waals surface area contributed by atoms with E-state index in [1.165, 1.54) is 4.80 Å². The quantitative estimate of drug-likeness (QED) is 0.707. The largest absolute Gasteiger partial charge is 0.350 e. The summed E-state index contributed by atoms with van der Waals surface area (Å²) in [5, 5.41) is 15.5. The first-order chi connectivity index (χ1) is 11.6. The van der Waals surface area contributed by atoms with Gasteiger partial charge in [0.25, 0.3) is 0 Å². The Balaban J connectivity index is 1.58. The summed E-state index contributed by atoms with van der Waals surface area (Å²) < 4.78 is 0.972. The number of halogens is 2. The monoisotopic (exact) mass is 405 g/mol. The first kappa shape index (κ1) is 16.6. The zero-order valence-corrected chi connectivity index (χ0v) is 14.8. The number of tetrazole rings is 1. The van der Waals surface area contributed by atoms with Crippen molar-refractivity contribution in [1.29, 1.82) is 0 Å². The predicted octanol–water partition coefficient (Wildman–Crippen LogP) is 3.07. The Morgan fingerprint density at radius 1 is 1.21 bits per heavy atom. The van der Waals surface area contributed by atoms with E-state index in [1.807, 2.05) is 24.3 Å². The molecule has 0 bridgehead atoms. The van der Waals surface area contributed by atoms with Crippen molar-refractivity contribution >= 4 is 33.4 Å². The van der Waals surface area contributed by atoms with E-state index >= 15 is 0 Å². The van der Waals surface area contributed by atoms with Crippen LogP contribution in [0.25, 0.3) is 11.4 Å². The van der Waals surface area contributed by atoms with Gasteiger partial charge in [-0.2, -0.15) is 4.80 Å². The van der Waals surface area contributed by atoms with Crippen molar-refractivity contribution in [2.75, 3.05) is 0 Å². The number of nitrogens with one attached hydrogen (secondary N) is 1. The second-order valence-electron chi connectivity index (χ2n) is 5.06. The molecule has 0 spiro atoms. The fourth-order valence-corrected chi connectivity index (χ4v) is 2.63. The molecule has 24 heavy (non-hydrogen) atoms. The molecule has 1 heterocycles. The fraction of sp³-hybridized carbons (Fsp3) is 0.125. The van der Waals surface area contributed by atoms with E-state index in [9.17, 15) is 4.79 Å². The molecule has 0 aliphatic heterocycles. The average Bonchev–Trinajstić information content (AvgIpc) is 3.02. The first-order valence-corrected chi connectivity index (χ1v) is 8.32. The van der Waals surface area contributed by atoms with Crippen molar-refractivity contribution in [1.82, 2.24) is 25.5 Å². The minimum absolute atomic E-state index is 0.00852. The maximum absolute atomic E-state index is 12.0. The van der Waals surface area contributed by atoms with Gasteiger partial charge in [-0.15, -0.1) is 10.2 Å². The summed E-state index contributed by atoms with van der Waals surface area (Å²) in [5.74, 6) is 0.265. The third-order valence-corrected chi connectivity index (χ3v) is 3.96. The lowest BCUT2D eigenvalue weighted by atomic mass is 10.2. The number of rotatable bonds is 5. The van der Waals surface area contributed by atoms with Gasteiger partial charge in [0, 0.05) is 21.6 Å². The summed E-state index contributed by atoms with van der Waals surface area (Å²) in [6, 6.07) is 14.9. The molecule has 0 aliphatic carbocycles. The Labute approximate surface area is 152 Å². The smallest absolute Gasteiger partial charge is 0.243 e. The predicted molar refractivity (Wildman–Crippen MR) is 94.3 cm³/mol. The maximum atomic E-state index is 12.0. The normalized spacial score (nSPS) is 10.6. The first-order valence-electron chi connectivity index (χ1n) is 7.15. The molecule has 1 aromatic heterocycles. The highest BCUT2D eigenvalue weighted by Gasteiger charge is 2.09. The van der Waals surface area contributed by atoms with Gasteiger partial charge in [0.05, 0.1) is 0 Å². The summed E-state index contributed by atoms with van der Waals surface area (Å²) in [5.41, 5.74) is 1.80. The molecule has 0 fully saturated rings. The lowest BCUT2D eigenvalue weighted by molar-refractivity contribution is -0.122. The Hall–Kier alpha value is -2.25. The molecule has 2 aromatic carbocycles. The van der Waals surface area contributed by atoms with E-state index < -0.39 is 0 Å². The van der Waals surface area contributed by atoms with E-state index in [-0.39, 0.29) is 12.5 Å². The summed E-state index contributed by atoms with van der Waals surface area (Å²) in [6.07, 6.45) is 0. The van der Waals surface area contributed by atoms with Gasteiger partial charge in [-0.05, 0) is 47.2 Å². The SMILES string of the molecule is O=C(Cn1nnc(-c2ccc(Cl)cc2)n1)NCc1cccc(Br)c1. The molecule has 6 nitrogen and oxygen atoms in total. The van der Waals surface area contributed by atoms with E-state index in [4.69, 9.17) is 11.6 Å². The molecular weight excluding hydrogens is 394 g/mol. The molecule has 0 atom stereocenters. The van der Waals surface area contributed by atoms with Gasteiger partial charge in [-0.25, -0.2) is 0 Å². The van der Waals surface area contributed by atoms with Crippen LogP contribution in [0.2, 0.25) is 5.02 Å². The van der Waals surface area contributed by atoms with E-state index in [0.29, 0.717) is 17.4 Å². The molecule has 0 saturated heterocycles. The number of benzene rings is 2. The van der Waals surface area contributed by atoms with Crippen LogP contribution in [0.4, 0.5) is 0 Å². The van der Waals surface area contributed by atoms with Crippen LogP contribution in [-0.2, 0) is 17.9 Å². The minimum Gasteiger partial charge on any atom is -0.350 e. The number of carbonyl (C=O) groups is 1. The van der Waals surface area contributed by atoms with Crippen molar-refractivity contribution in [2.45, 2.75) is 13.1 Å². The summed E-state index contributed by atoms with van der Waals surface area (Å²) in [4.78, 5) is 13.3. The second kappa shape index (κ2) is 7.55. The number of nitrogens with zero attached hydrogens (tertiary/aromatic N) is 4. The van der Waals surface area contributed by atoms with Gasteiger partial charge in [0.2, 0.25) is 11.7 Å². The number of amides is 1. The van der Waals surface area contributed by atoms with Crippen molar-refractivity contribution in [3.05, 3.63) is 63.6 Å². The molecule has 1 N–H and O–H groups in total. The van der Waals surface area contributed by atoms with Crippen LogP contribution in [-0.4, -0.2) is 26.1 Å². The molecule has 8 heteroatoms. The number of hydrogen-bond donors (Lipinski definition) is 1. The molecule has 3 rings (SSSR count). The molecular formula is C16H13BrClN5O. The Kier molecular flexibility index (Phi) is 5.22. The molecule has 0 unspecified atom stereocenters. The summed E-state index contributed by atoms with van der Waals surface area (Å²) >= 11 is 9.25. The van der Waals surface area contributed by atoms with Crippen LogP contribution in [0.3, 0.4) is 0 Å². The third-order valence-electron chi connectivity index (χ3n) is 3.22. The second-order valence-corrected chi connectivity index (χ2v) is 6.41. The van der Waals surface area contributed by atoms with Crippen LogP contribution >= 0.6 is 27.5 Å². The Bertz CT molecular complexity index is 850. The van der Waals surface area contributed by atoms with Crippen molar-refractivity contribution in [2.24, 2.45) is 0 Å². The Morgan fingerprint density at radius 2 is 2.00 bits per heavy atom. The van der Waals surface area contributed by atoms with Gasteiger partial charge >= 0.3 is 0 Å². The van der Waals surface area contributed by atoms with Crippen molar-refractivity contribution < 1.29 is 4.79 Å². The van der Waals surface area contributed by atoms with Crippen LogP contribution in [0, 0.1) is 0 Å². The molecule has 0 aliphatic rings. The number of aromatic nitrogens is 4. The van der Waals surface area contributed by atoms with E-state index in [1.54, 1.807) is 24.3 Å². The fourth-order valence-electron chi connectivity index (χ4n) is 2.06. The van der Waals surface area contributed by atoms with Crippen LogP contribution < -0.4 is 5.32 Å². The van der Waals surface area contributed by atoms with Crippen LogP contribution in [0.5, 0.6) is 0 Å². The molecule has 1 amide bonds. The minimum atomic E-state index is -0.185. The topological polar surface area (TPSA) is 72.7 Å². The van der Waals surface area contributed by atoms with Crippen molar-refractivity contribution in [3.63, 3.8) is 0 Å². The lowest BCUT2D eigenvalue weighted by Crippen LogP contribution is -2.28. The highest BCUT2D eigenvalue weighted by Crippen LogP contribution is 2.16. The highest BCUT2D eigenvalue weighted by atomic mass is 79.9. The maximum Gasteiger partial charge on any atom is 0.243 e. The lowest BCUT2D eigenvalue weighted by Gasteiger charge is -2.05. The average molecular weight is 407 g/mol. The zero-order chi connectivity index (χ0) is 16.9. The van der Waals surface area contributed by atoms with Crippen LogP contribution in [0.1, 0.15) is 5.56 Å². The van der Waals surface area contributed by atoms with E-state index in [0.717, 1.165) is 15.6 Å². The Morgan fingerprint density at radius 3 is 2.75 bits per heavy atom. The standard InChI is InChI=1S/C16H13BrClN5O/c17-13-3-1-2-11(8-13)9-19-15(24)10-23-21-16(20-22-23)12-4-6-14(18)7-5-12/h1-8H,9-10H2,(H,19,24). The zero-order valence-electron chi connectivity index (χ0n) is 12.5. The molecule has 3 aromatic rings. The van der Waals surface area contributed by atoms with Gasteiger partial charge in [0.1, 0.15) is 6.54 Å². The molecule has 122 valence electrons. The van der Waals surface area contributed by atoms with Gasteiger partial charge in [0.15, 0.2) is 0 Å². The number of hydrogen-bond acceptors (Lipinski definition) is 4. The number of carbonyl (C=O) groups excluding carboxylic acids is 1. The summed E-state index contributed by atoms with van der Waals surface area (Å²) in [6.45, 7) is 0.450. The molecule has 0 saturated carbocycles. The van der Waals surface area contributed by atoms with Crippen molar-refractivity contribution in [3.8, 4) is 11.4 Å². The van der Waals surface area contributed by atoms with Gasteiger partial charge in [-0.3, -0.25) is 4.79 Å². The van der Waals surface area contributed by atoms with E-state index in [2.05, 4.69) is 36.7 Å². The van der Waals surface area contributed by atoms with Gasteiger partial charge < -0.3 is 5.32 Å². The summed E-state index contributed by atoms with van der Waals surface area (Å²) in [7, 11) is 0. The van der Waals surface area contributed by atoms with Gasteiger partial charge in [-0.1, -0.05) is 39.7 Å². The highest BCUT2D eigenvalue weighted by molar-refractivity contribution is 9.10. The third kappa shape index (κ3) is 4.39.